The molecule has 1 atom stereocenters. The van der Waals surface area contributed by atoms with Gasteiger partial charge in [0.15, 0.2) is 0 Å². The maximum atomic E-state index is 13.2. The zero-order chi connectivity index (χ0) is 10.1. The lowest BCUT2D eigenvalue weighted by atomic mass is 10.2. The van der Waals surface area contributed by atoms with E-state index in [9.17, 15) is 9.18 Å². The third kappa shape index (κ3) is 1.55. The Balaban J connectivity index is 2.33. The average Bonchev–Trinajstić information content (AvgIpc) is 2.18. The van der Waals surface area contributed by atoms with Crippen LogP contribution in [0, 0.1) is 5.82 Å². The van der Waals surface area contributed by atoms with Crippen LogP contribution in [0.1, 0.15) is 0 Å². The van der Waals surface area contributed by atoms with E-state index in [1.807, 2.05) is 0 Å². The molecule has 1 aromatic rings. The molecule has 0 spiro atoms. The van der Waals surface area contributed by atoms with Crippen molar-refractivity contribution in [2.24, 2.45) is 0 Å². The lowest BCUT2D eigenvalue weighted by molar-refractivity contribution is -0.137. The molecule has 1 aliphatic heterocycles. The Morgan fingerprint density at radius 1 is 1.64 bits per heavy atom. The van der Waals surface area contributed by atoms with Crippen LogP contribution in [-0.4, -0.2) is 22.9 Å². The maximum absolute atomic E-state index is 13.2. The Kier molecular flexibility index (Phi) is 2.33. The third-order valence-electron chi connectivity index (χ3n) is 2.00. The molecule has 0 bridgehead atoms. The molecule has 1 heterocycles. The number of rotatable bonds is 1. The van der Waals surface area contributed by atoms with Crippen LogP contribution < -0.4 is 5.32 Å². The fourth-order valence-electron chi connectivity index (χ4n) is 1.29. The third-order valence-corrected chi connectivity index (χ3v) is 3.15. The molecule has 14 heavy (non-hydrogen) atoms. The molecule has 0 saturated heterocycles. The van der Waals surface area contributed by atoms with Gasteiger partial charge < -0.3 is 10.4 Å². The van der Waals surface area contributed by atoms with Gasteiger partial charge in [0.1, 0.15) is 11.9 Å². The second-order valence-corrected chi connectivity index (χ2v) is 4.02. The summed E-state index contributed by atoms with van der Waals surface area (Å²) in [6.07, 6.45) is 0. The second kappa shape index (κ2) is 3.49. The van der Waals surface area contributed by atoms with E-state index in [0.29, 0.717) is 11.4 Å². The Labute approximate surface area is 84.3 Å². The molecule has 2 rings (SSSR count). The van der Waals surface area contributed by atoms with Gasteiger partial charge >= 0.3 is 5.97 Å². The van der Waals surface area contributed by atoms with Gasteiger partial charge in [0.25, 0.3) is 0 Å². The number of carboxylic acids is 1. The summed E-state index contributed by atoms with van der Waals surface area (Å²) in [6.45, 7) is 0. The lowest BCUT2D eigenvalue weighted by Gasteiger charge is -2.23. The zero-order valence-corrected chi connectivity index (χ0v) is 7.97. The standard InChI is InChI=1S/C9H8FNO2S/c10-5-2-1-3-7-8(5)11-6(4-14-7)9(12)13/h1-3,6,11H,4H2,(H,12,13). The highest BCUT2D eigenvalue weighted by Crippen LogP contribution is 2.34. The van der Waals surface area contributed by atoms with Gasteiger partial charge in [-0.15, -0.1) is 11.8 Å². The summed E-state index contributed by atoms with van der Waals surface area (Å²) < 4.78 is 13.2. The smallest absolute Gasteiger partial charge is 0.327 e. The van der Waals surface area contributed by atoms with Crippen LogP contribution in [-0.2, 0) is 4.79 Å². The monoisotopic (exact) mass is 213 g/mol. The largest absolute Gasteiger partial charge is 0.480 e. The number of benzene rings is 1. The second-order valence-electron chi connectivity index (χ2n) is 2.96. The number of carboxylic acid groups (broad SMARTS) is 1. The summed E-state index contributed by atoms with van der Waals surface area (Å²) in [6, 6.07) is 4.00. The van der Waals surface area contributed by atoms with Crippen LogP contribution in [0.2, 0.25) is 0 Å². The molecule has 74 valence electrons. The molecule has 0 aromatic heterocycles. The highest BCUT2D eigenvalue weighted by atomic mass is 32.2. The molecule has 0 aliphatic carbocycles. The van der Waals surface area contributed by atoms with E-state index in [0.717, 1.165) is 4.90 Å². The van der Waals surface area contributed by atoms with Crippen molar-refractivity contribution < 1.29 is 14.3 Å². The number of hydrogen-bond donors (Lipinski definition) is 2. The van der Waals surface area contributed by atoms with Crippen molar-refractivity contribution in [1.29, 1.82) is 0 Å². The number of aliphatic carboxylic acids is 1. The molecule has 2 N–H and O–H groups in total. The normalized spacial score (nSPS) is 19.6. The van der Waals surface area contributed by atoms with Gasteiger partial charge in [0.05, 0.1) is 5.69 Å². The fraction of sp³-hybridized carbons (Fsp3) is 0.222. The molecule has 1 unspecified atom stereocenters. The first-order valence-electron chi connectivity index (χ1n) is 4.09. The first-order valence-corrected chi connectivity index (χ1v) is 5.07. The molecule has 5 heteroatoms. The van der Waals surface area contributed by atoms with Crippen molar-refractivity contribution in [3.8, 4) is 0 Å². The number of hydrogen-bond acceptors (Lipinski definition) is 3. The molecule has 1 aliphatic rings. The van der Waals surface area contributed by atoms with E-state index in [1.165, 1.54) is 17.8 Å². The number of halogens is 1. The molecule has 0 fully saturated rings. The molecule has 0 radical (unpaired) electrons. The Bertz CT molecular complexity index is 383. The maximum Gasteiger partial charge on any atom is 0.327 e. The van der Waals surface area contributed by atoms with Crippen LogP contribution in [0.25, 0.3) is 0 Å². The van der Waals surface area contributed by atoms with Crippen LogP contribution in [0.5, 0.6) is 0 Å². The van der Waals surface area contributed by atoms with E-state index in [4.69, 9.17) is 5.11 Å². The molecule has 1 aromatic carbocycles. The van der Waals surface area contributed by atoms with Crippen LogP contribution in [0.3, 0.4) is 0 Å². The SMILES string of the molecule is O=C(O)C1CSc2cccc(F)c2N1. The number of thioether (sulfide) groups is 1. The minimum absolute atomic E-state index is 0.302. The van der Waals surface area contributed by atoms with Crippen molar-refractivity contribution in [2.75, 3.05) is 11.1 Å². The van der Waals surface area contributed by atoms with Gasteiger partial charge in [-0.25, -0.2) is 9.18 Å². The minimum atomic E-state index is -0.952. The van der Waals surface area contributed by atoms with E-state index >= 15 is 0 Å². The Morgan fingerprint density at radius 2 is 2.43 bits per heavy atom. The highest BCUT2D eigenvalue weighted by molar-refractivity contribution is 7.99. The number of para-hydroxylation sites is 1. The van der Waals surface area contributed by atoms with Crippen molar-refractivity contribution in [3.05, 3.63) is 24.0 Å². The molecule has 0 amide bonds. The predicted octanol–water partition coefficient (Wildman–Crippen LogP) is 1.80. The number of anilines is 1. The number of fused-ring (bicyclic) bond motifs is 1. The average molecular weight is 213 g/mol. The first kappa shape index (κ1) is 9.33. The summed E-state index contributed by atoms with van der Waals surface area (Å²) in [5.41, 5.74) is 0.302. The Morgan fingerprint density at radius 3 is 3.14 bits per heavy atom. The van der Waals surface area contributed by atoms with Crippen LogP contribution in [0.15, 0.2) is 23.1 Å². The first-order chi connectivity index (χ1) is 6.68. The summed E-state index contributed by atoms with van der Waals surface area (Å²) >= 11 is 1.36. The number of carbonyl (C=O) groups is 1. The van der Waals surface area contributed by atoms with Gasteiger partial charge in [0, 0.05) is 10.6 Å². The zero-order valence-electron chi connectivity index (χ0n) is 7.16. The molecule has 0 saturated carbocycles. The summed E-state index contributed by atoms with van der Waals surface area (Å²) in [5, 5.41) is 11.4. The van der Waals surface area contributed by atoms with Gasteiger partial charge in [-0.3, -0.25) is 0 Å². The van der Waals surface area contributed by atoms with E-state index in [2.05, 4.69) is 5.32 Å². The van der Waals surface area contributed by atoms with E-state index in [1.54, 1.807) is 12.1 Å². The van der Waals surface area contributed by atoms with Crippen LogP contribution >= 0.6 is 11.8 Å². The summed E-state index contributed by atoms with van der Waals surface area (Å²) in [7, 11) is 0. The quantitative estimate of drug-likeness (QED) is 0.746. The summed E-state index contributed by atoms with van der Waals surface area (Å²) in [5.74, 6) is -0.932. The minimum Gasteiger partial charge on any atom is -0.480 e. The van der Waals surface area contributed by atoms with Gasteiger partial charge in [-0.05, 0) is 12.1 Å². The predicted molar refractivity (Wildman–Crippen MR) is 52.2 cm³/mol. The highest BCUT2D eigenvalue weighted by Gasteiger charge is 2.25. The van der Waals surface area contributed by atoms with E-state index in [-0.39, 0.29) is 0 Å². The molecule has 3 nitrogen and oxygen atoms in total. The topological polar surface area (TPSA) is 49.3 Å². The van der Waals surface area contributed by atoms with Crippen LogP contribution in [0.4, 0.5) is 10.1 Å². The fourth-order valence-corrected chi connectivity index (χ4v) is 2.33. The van der Waals surface area contributed by atoms with E-state index < -0.39 is 17.8 Å². The van der Waals surface area contributed by atoms with Crippen molar-refractivity contribution in [1.82, 2.24) is 0 Å². The molecular formula is C9H8FNO2S. The van der Waals surface area contributed by atoms with Crippen molar-refractivity contribution in [2.45, 2.75) is 10.9 Å². The number of nitrogens with one attached hydrogen (secondary N) is 1. The molecular weight excluding hydrogens is 205 g/mol. The van der Waals surface area contributed by atoms with Gasteiger partial charge in [-0.1, -0.05) is 6.07 Å². The summed E-state index contributed by atoms with van der Waals surface area (Å²) in [4.78, 5) is 11.4. The van der Waals surface area contributed by atoms with Crippen molar-refractivity contribution >= 4 is 23.4 Å². The van der Waals surface area contributed by atoms with Gasteiger partial charge in [-0.2, -0.15) is 0 Å². The van der Waals surface area contributed by atoms with Gasteiger partial charge in [0.2, 0.25) is 0 Å². The lowest BCUT2D eigenvalue weighted by Crippen LogP contribution is -2.34. The van der Waals surface area contributed by atoms with Crippen molar-refractivity contribution in [3.63, 3.8) is 0 Å². The Hall–Kier alpha value is -1.23.